The summed E-state index contributed by atoms with van der Waals surface area (Å²) in [6, 6.07) is 8.23. The van der Waals surface area contributed by atoms with E-state index in [0.29, 0.717) is 16.9 Å². The lowest BCUT2D eigenvalue weighted by Crippen LogP contribution is -2.24. The van der Waals surface area contributed by atoms with Crippen molar-refractivity contribution in [1.29, 1.82) is 0 Å². The Morgan fingerprint density at radius 3 is 2.71 bits per heavy atom. The molecule has 2 aromatic rings. The number of rotatable bonds is 5. The summed E-state index contributed by atoms with van der Waals surface area (Å²) in [4.78, 5) is 11.7. The van der Waals surface area contributed by atoms with Crippen molar-refractivity contribution >= 4 is 28.1 Å². The van der Waals surface area contributed by atoms with Crippen molar-refractivity contribution in [1.82, 2.24) is 5.43 Å². The van der Waals surface area contributed by atoms with Crippen LogP contribution in [0.1, 0.15) is 16.7 Å². The number of phenols is 2. The van der Waals surface area contributed by atoms with Crippen molar-refractivity contribution in [2.45, 2.75) is 13.8 Å². The Kier molecular flexibility index (Phi) is 5.81. The second-order valence-electron chi connectivity index (χ2n) is 5.21. The fraction of sp³-hybridized carbons (Fsp3) is 0.176. The van der Waals surface area contributed by atoms with Crippen molar-refractivity contribution in [3.63, 3.8) is 0 Å². The Morgan fingerprint density at radius 1 is 1.29 bits per heavy atom. The first-order chi connectivity index (χ1) is 11.4. The lowest BCUT2D eigenvalue weighted by atomic mass is 10.1. The molecule has 0 radical (unpaired) electrons. The van der Waals surface area contributed by atoms with Gasteiger partial charge >= 0.3 is 0 Å². The molecule has 0 atom stereocenters. The van der Waals surface area contributed by atoms with Crippen molar-refractivity contribution in [2.24, 2.45) is 5.10 Å². The number of hydrogen-bond acceptors (Lipinski definition) is 5. The fourth-order valence-corrected chi connectivity index (χ4v) is 2.60. The molecule has 126 valence electrons. The van der Waals surface area contributed by atoms with Gasteiger partial charge in [0.1, 0.15) is 17.2 Å². The van der Waals surface area contributed by atoms with Gasteiger partial charge in [-0.1, -0.05) is 6.07 Å². The van der Waals surface area contributed by atoms with Crippen LogP contribution in [0, 0.1) is 13.8 Å². The van der Waals surface area contributed by atoms with E-state index in [1.54, 1.807) is 13.0 Å². The van der Waals surface area contributed by atoms with Crippen molar-refractivity contribution in [3.05, 3.63) is 51.5 Å². The molecule has 0 aliphatic rings. The topological polar surface area (TPSA) is 91.2 Å². The summed E-state index contributed by atoms with van der Waals surface area (Å²) in [5, 5.41) is 22.9. The smallest absolute Gasteiger partial charge is 0.277 e. The summed E-state index contributed by atoms with van der Waals surface area (Å²) in [6.45, 7) is 3.47. The zero-order chi connectivity index (χ0) is 17.7. The quantitative estimate of drug-likeness (QED) is 0.538. The van der Waals surface area contributed by atoms with Gasteiger partial charge < -0.3 is 14.9 Å². The van der Waals surface area contributed by atoms with E-state index in [1.165, 1.54) is 18.3 Å². The van der Waals surface area contributed by atoms with Gasteiger partial charge in [0.05, 0.1) is 10.7 Å². The van der Waals surface area contributed by atoms with E-state index in [9.17, 15) is 15.0 Å². The molecular weight excluding hydrogens is 376 g/mol. The minimum Gasteiger partial charge on any atom is -0.508 e. The van der Waals surface area contributed by atoms with Gasteiger partial charge in [-0.3, -0.25) is 4.79 Å². The highest BCUT2D eigenvalue weighted by molar-refractivity contribution is 9.10. The maximum absolute atomic E-state index is 11.7. The number of ether oxygens (including phenoxy) is 1. The predicted octanol–water partition coefficient (Wildman–Crippen LogP) is 3.01. The molecule has 2 aromatic carbocycles. The average Bonchev–Trinajstić information content (AvgIpc) is 2.49. The van der Waals surface area contributed by atoms with Gasteiger partial charge in [-0.05, 0) is 59.1 Å². The molecule has 0 spiro atoms. The van der Waals surface area contributed by atoms with Gasteiger partial charge in [0.15, 0.2) is 6.61 Å². The van der Waals surface area contributed by atoms with Crippen molar-refractivity contribution in [2.75, 3.05) is 6.61 Å². The lowest BCUT2D eigenvalue weighted by molar-refractivity contribution is -0.123. The second-order valence-corrected chi connectivity index (χ2v) is 6.07. The van der Waals surface area contributed by atoms with E-state index in [0.717, 1.165) is 10.0 Å². The molecule has 0 fully saturated rings. The molecule has 6 nitrogen and oxygen atoms in total. The van der Waals surface area contributed by atoms with Crippen LogP contribution < -0.4 is 10.2 Å². The van der Waals surface area contributed by atoms with E-state index in [4.69, 9.17) is 4.74 Å². The molecule has 0 saturated carbocycles. The van der Waals surface area contributed by atoms with Gasteiger partial charge in [-0.2, -0.15) is 5.10 Å². The number of nitrogens with zero attached hydrogens (tertiary/aromatic N) is 1. The summed E-state index contributed by atoms with van der Waals surface area (Å²) in [7, 11) is 0. The number of carbonyl (C=O) groups is 1. The number of phenolic OH excluding ortho intramolecular Hbond substituents is 2. The third kappa shape index (κ3) is 4.73. The molecule has 24 heavy (non-hydrogen) atoms. The number of benzene rings is 2. The number of carbonyl (C=O) groups excluding carboxylic acids is 1. The third-order valence-corrected chi connectivity index (χ3v) is 3.80. The first-order valence-corrected chi connectivity index (χ1v) is 7.89. The van der Waals surface area contributed by atoms with Crippen LogP contribution in [-0.4, -0.2) is 28.9 Å². The van der Waals surface area contributed by atoms with Crippen LogP contribution in [0.3, 0.4) is 0 Å². The molecule has 0 heterocycles. The zero-order valence-electron chi connectivity index (χ0n) is 13.2. The monoisotopic (exact) mass is 392 g/mol. The number of amides is 1. The molecular formula is C17H17BrN2O4. The Bertz CT molecular complexity index is 767. The fourth-order valence-electron chi connectivity index (χ4n) is 2.00. The summed E-state index contributed by atoms with van der Waals surface area (Å²) in [5.74, 6) is -0.0324. The van der Waals surface area contributed by atoms with Gasteiger partial charge in [0.25, 0.3) is 5.91 Å². The number of halogens is 1. The summed E-state index contributed by atoms with van der Waals surface area (Å²) >= 11 is 3.37. The maximum Gasteiger partial charge on any atom is 0.277 e. The molecule has 1 amide bonds. The average molecular weight is 393 g/mol. The number of hydrazone groups is 1. The van der Waals surface area contributed by atoms with Crippen LogP contribution in [0.2, 0.25) is 0 Å². The molecule has 2 rings (SSSR count). The molecule has 0 bridgehead atoms. The van der Waals surface area contributed by atoms with Crippen LogP contribution >= 0.6 is 15.9 Å². The number of aryl methyl sites for hydroxylation is 2. The third-order valence-electron chi connectivity index (χ3n) is 3.18. The Hall–Kier alpha value is -2.54. The van der Waals surface area contributed by atoms with E-state index in [-0.39, 0.29) is 18.1 Å². The first kappa shape index (κ1) is 17.8. The summed E-state index contributed by atoms with van der Waals surface area (Å²) in [5.41, 5.74) is 4.44. The zero-order valence-corrected chi connectivity index (χ0v) is 14.8. The van der Waals surface area contributed by atoms with Gasteiger partial charge in [0.2, 0.25) is 0 Å². The maximum atomic E-state index is 11.7. The summed E-state index contributed by atoms with van der Waals surface area (Å²) in [6.07, 6.45) is 1.31. The molecule has 0 aliphatic carbocycles. The predicted molar refractivity (Wildman–Crippen MR) is 94.6 cm³/mol. The molecule has 0 unspecified atom stereocenters. The Labute approximate surface area is 147 Å². The SMILES string of the molecule is Cc1ccc(OCC(=O)N/N=C/c2c(C)cc(O)cc2O)c(Br)c1. The van der Waals surface area contributed by atoms with E-state index in [2.05, 4.69) is 26.5 Å². The standard InChI is InChI=1S/C17H17BrN2O4/c1-10-3-4-16(14(18)5-10)24-9-17(23)20-19-8-13-11(2)6-12(21)7-15(13)22/h3-8,21-22H,9H2,1-2H3,(H,20,23)/b19-8+. The molecule has 7 heteroatoms. The van der Waals surface area contributed by atoms with E-state index in [1.807, 2.05) is 19.1 Å². The van der Waals surface area contributed by atoms with Gasteiger partial charge in [0, 0.05) is 11.6 Å². The van der Waals surface area contributed by atoms with Crippen LogP contribution in [-0.2, 0) is 4.79 Å². The van der Waals surface area contributed by atoms with Gasteiger partial charge in [-0.25, -0.2) is 5.43 Å². The van der Waals surface area contributed by atoms with E-state index < -0.39 is 5.91 Å². The number of hydrogen-bond donors (Lipinski definition) is 3. The minimum atomic E-state index is -0.436. The first-order valence-electron chi connectivity index (χ1n) is 7.10. The minimum absolute atomic E-state index is 0.0386. The van der Waals surface area contributed by atoms with Crippen LogP contribution in [0.25, 0.3) is 0 Å². The normalized spacial score (nSPS) is 10.8. The van der Waals surface area contributed by atoms with Gasteiger partial charge in [-0.15, -0.1) is 0 Å². The molecule has 0 aromatic heterocycles. The second kappa shape index (κ2) is 7.83. The van der Waals surface area contributed by atoms with Crippen LogP contribution in [0.4, 0.5) is 0 Å². The number of aromatic hydroxyl groups is 2. The largest absolute Gasteiger partial charge is 0.508 e. The van der Waals surface area contributed by atoms with Crippen molar-refractivity contribution in [3.8, 4) is 17.2 Å². The van der Waals surface area contributed by atoms with E-state index >= 15 is 0 Å². The van der Waals surface area contributed by atoms with Crippen LogP contribution in [0.5, 0.6) is 17.2 Å². The number of nitrogens with one attached hydrogen (secondary N) is 1. The lowest BCUT2D eigenvalue weighted by Gasteiger charge is -2.08. The van der Waals surface area contributed by atoms with Crippen molar-refractivity contribution < 1.29 is 19.7 Å². The Balaban J connectivity index is 1.91. The molecule has 0 saturated heterocycles. The van der Waals surface area contributed by atoms with Crippen LogP contribution in [0.15, 0.2) is 39.9 Å². The summed E-state index contributed by atoms with van der Waals surface area (Å²) < 4.78 is 6.17. The molecule has 3 N–H and O–H groups in total. The molecule has 0 aliphatic heterocycles. The Morgan fingerprint density at radius 2 is 2.04 bits per heavy atom. The highest BCUT2D eigenvalue weighted by Gasteiger charge is 2.07. The highest BCUT2D eigenvalue weighted by atomic mass is 79.9. The highest BCUT2D eigenvalue weighted by Crippen LogP contribution is 2.26.